The first-order chi connectivity index (χ1) is 14.1. The highest BCUT2D eigenvalue weighted by molar-refractivity contribution is 5.90. The maximum Gasteiger partial charge on any atom is 0.251 e. The van der Waals surface area contributed by atoms with Crippen LogP contribution in [0.15, 0.2) is 22.9 Å². The molecule has 1 amide bonds. The number of carbonyl (C=O) groups excluding carboxylic acids is 1. The summed E-state index contributed by atoms with van der Waals surface area (Å²) in [5, 5.41) is 6.84. The number of hydrogen-bond acceptors (Lipinski definition) is 8. The molecule has 0 spiro atoms. The van der Waals surface area contributed by atoms with Crippen molar-refractivity contribution in [3.8, 4) is 11.4 Å². The summed E-state index contributed by atoms with van der Waals surface area (Å²) in [6.45, 7) is 3.37. The zero-order valence-corrected chi connectivity index (χ0v) is 17.0. The number of nitrogens with zero attached hydrogens (tertiary/aromatic N) is 5. The van der Waals surface area contributed by atoms with Gasteiger partial charge in [-0.05, 0) is 64.5 Å². The van der Waals surface area contributed by atoms with E-state index in [9.17, 15) is 4.79 Å². The van der Waals surface area contributed by atoms with Crippen molar-refractivity contribution in [2.45, 2.75) is 37.8 Å². The minimum absolute atomic E-state index is 0.00714. The predicted octanol–water partition coefficient (Wildman–Crippen LogP) is 1.95. The Kier molecular flexibility index (Phi) is 6.17. The lowest BCUT2D eigenvalue weighted by Gasteiger charge is -2.37. The molecule has 29 heavy (non-hydrogen) atoms. The standard InChI is InChI=1S/C20H28N6O3/c1-25-10-7-15(8-11-25)26-9-3-4-16(26)20-23-19(24-29-20)14-5-6-17(21-12-14)22-18(27)13-28-2/h5-6,12,15-16H,3-4,7-11,13H2,1-2H3,(H,21,22,27)/t16-/m0/s1. The Hall–Kier alpha value is -2.36. The van der Waals surface area contributed by atoms with Gasteiger partial charge in [0.05, 0.1) is 6.04 Å². The highest BCUT2D eigenvalue weighted by Gasteiger charge is 2.36. The second-order valence-electron chi connectivity index (χ2n) is 7.80. The van der Waals surface area contributed by atoms with E-state index < -0.39 is 0 Å². The summed E-state index contributed by atoms with van der Waals surface area (Å²) in [6, 6.07) is 4.34. The van der Waals surface area contributed by atoms with Crippen LogP contribution in [0.4, 0.5) is 5.82 Å². The molecular formula is C20H28N6O3. The van der Waals surface area contributed by atoms with Crippen molar-refractivity contribution in [3.05, 3.63) is 24.2 Å². The maximum atomic E-state index is 11.6. The van der Waals surface area contributed by atoms with Gasteiger partial charge in [-0.25, -0.2) is 4.98 Å². The van der Waals surface area contributed by atoms with E-state index in [1.54, 1.807) is 12.3 Å². The van der Waals surface area contributed by atoms with Crippen LogP contribution in [-0.2, 0) is 9.53 Å². The summed E-state index contributed by atoms with van der Waals surface area (Å²) in [7, 11) is 3.66. The van der Waals surface area contributed by atoms with Crippen LogP contribution in [0.25, 0.3) is 11.4 Å². The van der Waals surface area contributed by atoms with E-state index in [0.29, 0.717) is 23.6 Å². The fraction of sp³-hybridized carbons (Fsp3) is 0.600. The van der Waals surface area contributed by atoms with Crippen molar-refractivity contribution in [2.24, 2.45) is 0 Å². The second-order valence-corrected chi connectivity index (χ2v) is 7.80. The van der Waals surface area contributed by atoms with Crippen LogP contribution in [0.1, 0.15) is 37.6 Å². The van der Waals surface area contributed by atoms with Crippen molar-refractivity contribution in [1.82, 2.24) is 24.9 Å². The third kappa shape index (κ3) is 4.63. The van der Waals surface area contributed by atoms with Gasteiger partial charge in [0.15, 0.2) is 0 Å². The fourth-order valence-corrected chi connectivity index (χ4v) is 4.22. The summed E-state index contributed by atoms with van der Waals surface area (Å²) in [5.74, 6) is 1.43. The number of anilines is 1. The first kappa shape index (κ1) is 19.9. The van der Waals surface area contributed by atoms with E-state index in [0.717, 1.165) is 38.0 Å². The molecule has 0 aliphatic carbocycles. The third-order valence-corrected chi connectivity index (χ3v) is 5.74. The van der Waals surface area contributed by atoms with Crippen LogP contribution < -0.4 is 5.32 Å². The molecule has 156 valence electrons. The van der Waals surface area contributed by atoms with E-state index in [1.165, 1.54) is 20.0 Å². The highest BCUT2D eigenvalue weighted by atomic mass is 16.5. The number of likely N-dealkylation sites (tertiary alicyclic amines) is 2. The van der Waals surface area contributed by atoms with Crippen LogP contribution in [-0.4, -0.2) is 77.3 Å². The van der Waals surface area contributed by atoms with Crippen molar-refractivity contribution in [2.75, 3.05) is 45.7 Å². The van der Waals surface area contributed by atoms with E-state index in [4.69, 9.17) is 9.26 Å². The maximum absolute atomic E-state index is 11.6. The Balaban J connectivity index is 1.43. The van der Waals surface area contributed by atoms with Crippen LogP contribution in [0.2, 0.25) is 0 Å². The number of amides is 1. The average molecular weight is 400 g/mol. The molecule has 1 atom stereocenters. The van der Waals surface area contributed by atoms with Gasteiger partial charge in [0.2, 0.25) is 11.7 Å². The first-order valence-electron chi connectivity index (χ1n) is 10.2. The van der Waals surface area contributed by atoms with E-state index in [-0.39, 0.29) is 18.6 Å². The smallest absolute Gasteiger partial charge is 0.251 e. The normalized spacial score (nSPS) is 21.5. The lowest BCUT2D eigenvalue weighted by molar-refractivity contribution is -0.119. The zero-order chi connectivity index (χ0) is 20.2. The van der Waals surface area contributed by atoms with Gasteiger partial charge in [0.1, 0.15) is 12.4 Å². The minimum Gasteiger partial charge on any atom is -0.375 e. The molecule has 2 fully saturated rings. The van der Waals surface area contributed by atoms with Gasteiger partial charge in [0.25, 0.3) is 5.91 Å². The summed E-state index contributed by atoms with van der Waals surface area (Å²) in [5.41, 5.74) is 0.758. The van der Waals surface area contributed by atoms with Crippen molar-refractivity contribution in [3.63, 3.8) is 0 Å². The predicted molar refractivity (Wildman–Crippen MR) is 107 cm³/mol. The SMILES string of the molecule is COCC(=O)Nc1ccc(-c2noc([C@@H]3CCCN3C3CCN(C)CC3)n2)cn1. The Labute approximate surface area is 170 Å². The van der Waals surface area contributed by atoms with Crippen LogP contribution in [0.3, 0.4) is 0 Å². The molecule has 0 aromatic carbocycles. The summed E-state index contributed by atoms with van der Waals surface area (Å²) in [4.78, 5) is 25.4. The average Bonchev–Trinajstić information content (AvgIpc) is 3.39. The molecular weight excluding hydrogens is 372 g/mol. The summed E-state index contributed by atoms with van der Waals surface area (Å²) >= 11 is 0. The lowest BCUT2D eigenvalue weighted by atomic mass is 10.0. The topological polar surface area (TPSA) is 96.6 Å². The molecule has 0 radical (unpaired) electrons. The third-order valence-electron chi connectivity index (χ3n) is 5.74. The molecule has 0 unspecified atom stereocenters. The van der Waals surface area contributed by atoms with Gasteiger partial charge in [-0.15, -0.1) is 0 Å². The van der Waals surface area contributed by atoms with Crippen LogP contribution >= 0.6 is 0 Å². The highest BCUT2D eigenvalue weighted by Crippen LogP contribution is 2.36. The van der Waals surface area contributed by atoms with E-state index >= 15 is 0 Å². The van der Waals surface area contributed by atoms with E-state index in [1.807, 2.05) is 6.07 Å². The molecule has 9 nitrogen and oxygen atoms in total. The van der Waals surface area contributed by atoms with Gasteiger partial charge in [-0.1, -0.05) is 5.16 Å². The van der Waals surface area contributed by atoms with E-state index in [2.05, 4.69) is 37.3 Å². The molecule has 2 aromatic rings. The number of piperidine rings is 1. The number of methoxy groups -OCH3 is 1. The number of hydrogen-bond donors (Lipinski definition) is 1. The monoisotopic (exact) mass is 400 g/mol. The number of nitrogens with one attached hydrogen (secondary N) is 1. The quantitative estimate of drug-likeness (QED) is 0.786. The van der Waals surface area contributed by atoms with Gasteiger partial charge >= 0.3 is 0 Å². The molecule has 9 heteroatoms. The number of carbonyl (C=O) groups is 1. The van der Waals surface area contributed by atoms with Gasteiger partial charge in [0, 0.05) is 24.9 Å². The molecule has 2 saturated heterocycles. The number of rotatable bonds is 6. The zero-order valence-electron chi connectivity index (χ0n) is 17.0. The fourth-order valence-electron chi connectivity index (χ4n) is 4.22. The van der Waals surface area contributed by atoms with Gasteiger partial charge < -0.3 is 19.5 Å². The molecule has 2 aromatic heterocycles. The number of pyridine rings is 1. The second kappa shape index (κ2) is 8.98. The van der Waals surface area contributed by atoms with Gasteiger partial charge in [-0.2, -0.15) is 4.98 Å². The molecule has 0 bridgehead atoms. The van der Waals surface area contributed by atoms with Crippen molar-refractivity contribution >= 4 is 11.7 Å². The van der Waals surface area contributed by atoms with Gasteiger partial charge in [-0.3, -0.25) is 9.69 Å². The molecule has 4 rings (SSSR count). The number of ether oxygens (including phenoxy) is 1. The Bertz CT molecular complexity index is 816. The van der Waals surface area contributed by atoms with Crippen molar-refractivity contribution < 1.29 is 14.1 Å². The van der Waals surface area contributed by atoms with Crippen LogP contribution in [0.5, 0.6) is 0 Å². The molecule has 2 aliphatic rings. The molecule has 0 saturated carbocycles. The Morgan fingerprint density at radius 1 is 1.28 bits per heavy atom. The Morgan fingerprint density at radius 2 is 2.10 bits per heavy atom. The van der Waals surface area contributed by atoms with Crippen LogP contribution in [0, 0.1) is 0 Å². The molecule has 1 N–H and O–H groups in total. The minimum atomic E-state index is -0.246. The molecule has 2 aliphatic heterocycles. The Morgan fingerprint density at radius 3 is 2.83 bits per heavy atom. The summed E-state index contributed by atoms with van der Waals surface area (Å²) in [6.07, 6.45) is 6.23. The first-order valence-corrected chi connectivity index (χ1v) is 10.2. The molecule has 4 heterocycles. The number of aromatic nitrogens is 3. The summed E-state index contributed by atoms with van der Waals surface area (Å²) < 4.78 is 10.4. The van der Waals surface area contributed by atoms with Crippen molar-refractivity contribution in [1.29, 1.82) is 0 Å². The largest absolute Gasteiger partial charge is 0.375 e. The lowest BCUT2D eigenvalue weighted by Crippen LogP contribution is -2.43.